The molecule has 5 heteroatoms. The van der Waals surface area contributed by atoms with E-state index in [4.69, 9.17) is 9.47 Å². The number of carbonyl (C=O) groups is 1. The maximum absolute atomic E-state index is 12.1. The molecule has 1 heterocycles. The van der Waals surface area contributed by atoms with Crippen molar-refractivity contribution in [3.8, 4) is 0 Å². The van der Waals surface area contributed by atoms with Crippen molar-refractivity contribution in [3.05, 3.63) is 0 Å². The van der Waals surface area contributed by atoms with E-state index >= 15 is 0 Å². The average Bonchev–Trinajstić information content (AvgIpc) is 2.52. The Morgan fingerprint density at radius 1 is 1.35 bits per heavy atom. The monoisotopic (exact) mass is 286 g/mol. The van der Waals surface area contributed by atoms with Gasteiger partial charge in [-0.1, -0.05) is 0 Å². The first-order valence-electron chi connectivity index (χ1n) is 7.54. The van der Waals surface area contributed by atoms with Gasteiger partial charge in [0.15, 0.2) is 0 Å². The molecule has 0 aromatic rings. The van der Waals surface area contributed by atoms with Gasteiger partial charge in [0.1, 0.15) is 5.60 Å². The van der Waals surface area contributed by atoms with Gasteiger partial charge < -0.3 is 19.7 Å². The van der Waals surface area contributed by atoms with Crippen LogP contribution in [0.4, 0.5) is 4.79 Å². The first-order chi connectivity index (χ1) is 9.31. The van der Waals surface area contributed by atoms with Crippen LogP contribution in [0.3, 0.4) is 0 Å². The molecule has 1 N–H and O–H groups in total. The van der Waals surface area contributed by atoms with E-state index < -0.39 is 5.60 Å². The molecule has 0 spiro atoms. The molecule has 0 radical (unpaired) electrons. The summed E-state index contributed by atoms with van der Waals surface area (Å²) in [6, 6.07) is 0.797. The third kappa shape index (κ3) is 6.57. The number of rotatable bonds is 4. The molecule has 2 atom stereocenters. The predicted molar refractivity (Wildman–Crippen MR) is 79.9 cm³/mol. The topological polar surface area (TPSA) is 50.8 Å². The molecule has 1 amide bonds. The highest BCUT2D eigenvalue weighted by Crippen LogP contribution is 2.15. The predicted octanol–water partition coefficient (Wildman–Crippen LogP) is 2.40. The van der Waals surface area contributed by atoms with Crippen LogP contribution in [0, 0.1) is 0 Å². The molecular weight excluding hydrogens is 256 g/mol. The highest BCUT2D eigenvalue weighted by Gasteiger charge is 2.25. The second kappa shape index (κ2) is 7.84. The molecular formula is C15H30N2O3. The van der Waals surface area contributed by atoms with Crippen LogP contribution in [0.25, 0.3) is 0 Å². The Bertz CT molecular complexity index is 302. The third-order valence-electron chi connectivity index (χ3n) is 3.32. The van der Waals surface area contributed by atoms with Crippen molar-refractivity contribution >= 4 is 6.09 Å². The van der Waals surface area contributed by atoms with Gasteiger partial charge >= 0.3 is 6.09 Å². The Hall–Kier alpha value is -0.810. The SMILES string of the molecule is COCC(C)NC1CCCN(C(=O)OC(C)(C)C)CC1. The summed E-state index contributed by atoms with van der Waals surface area (Å²) in [5.74, 6) is 0. The summed E-state index contributed by atoms with van der Waals surface area (Å²) in [5, 5.41) is 3.56. The molecule has 1 aliphatic rings. The van der Waals surface area contributed by atoms with Crippen molar-refractivity contribution in [2.75, 3.05) is 26.8 Å². The van der Waals surface area contributed by atoms with Crippen LogP contribution >= 0.6 is 0 Å². The minimum absolute atomic E-state index is 0.192. The third-order valence-corrected chi connectivity index (χ3v) is 3.32. The molecule has 118 valence electrons. The number of hydrogen-bond donors (Lipinski definition) is 1. The number of ether oxygens (including phenoxy) is 2. The van der Waals surface area contributed by atoms with E-state index in [1.54, 1.807) is 7.11 Å². The fourth-order valence-electron chi connectivity index (χ4n) is 2.47. The van der Waals surface area contributed by atoms with Gasteiger partial charge in [-0.3, -0.25) is 0 Å². The van der Waals surface area contributed by atoms with Crippen molar-refractivity contribution < 1.29 is 14.3 Å². The number of amides is 1. The zero-order chi connectivity index (χ0) is 15.2. The molecule has 1 saturated heterocycles. The molecule has 20 heavy (non-hydrogen) atoms. The van der Waals surface area contributed by atoms with E-state index in [1.807, 2.05) is 25.7 Å². The Labute approximate surface area is 123 Å². The fourth-order valence-corrected chi connectivity index (χ4v) is 2.47. The van der Waals surface area contributed by atoms with Gasteiger partial charge in [0.25, 0.3) is 0 Å². The quantitative estimate of drug-likeness (QED) is 0.862. The minimum atomic E-state index is -0.423. The summed E-state index contributed by atoms with van der Waals surface area (Å²) in [6.45, 7) is 10.1. The minimum Gasteiger partial charge on any atom is -0.444 e. The van der Waals surface area contributed by atoms with E-state index in [0.29, 0.717) is 18.7 Å². The summed E-state index contributed by atoms with van der Waals surface area (Å²) >= 11 is 0. The van der Waals surface area contributed by atoms with Gasteiger partial charge in [-0.05, 0) is 47.0 Å². The molecule has 0 bridgehead atoms. The second-order valence-electron chi connectivity index (χ2n) is 6.62. The normalized spacial score (nSPS) is 22.2. The standard InChI is InChI=1S/C15H30N2O3/c1-12(11-19-5)16-13-7-6-9-17(10-8-13)14(18)20-15(2,3)4/h12-13,16H,6-11H2,1-5H3. The zero-order valence-electron chi connectivity index (χ0n) is 13.6. The number of likely N-dealkylation sites (tertiary alicyclic amines) is 1. The molecule has 0 aliphatic carbocycles. The van der Waals surface area contributed by atoms with E-state index in [0.717, 1.165) is 32.4 Å². The van der Waals surface area contributed by atoms with Gasteiger partial charge in [-0.25, -0.2) is 4.79 Å². The molecule has 1 fully saturated rings. The second-order valence-corrected chi connectivity index (χ2v) is 6.62. The van der Waals surface area contributed by atoms with Crippen LogP contribution in [-0.4, -0.2) is 55.5 Å². The van der Waals surface area contributed by atoms with Crippen molar-refractivity contribution in [1.82, 2.24) is 10.2 Å². The smallest absolute Gasteiger partial charge is 0.410 e. The molecule has 0 aromatic heterocycles. The molecule has 2 unspecified atom stereocenters. The van der Waals surface area contributed by atoms with Crippen molar-refractivity contribution in [3.63, 3.8) is 0 Å². The van der Waals surface area contributed by atoms with Gasteiger partial charge in [0, 0.05) is 32.3 Å². The maximum Gasteiger partial charge on any atom is 0.410 e. The van der Waals surface area contributed by atoms with Gasteiger partial charge in [-0.15, -0.1) is 0 Å². The van der Waals surface area contributed by atoms with Crippen LogP contribution < -0.4 is 5.32 Å². The zero-order valence-corrected chi connectivity index (χ0v) is 13.6. The van der Waals surface area contributed by atoms with Crippen LogP contribution in [-0.2, 0) is 9.47 Å². The largest absolute Gasteiger partial charge is 0.444 e. The summed E-state index contributed by atoms with van der Waals surface area (Å²) in [5.41, 5.74) is -0.423. The lowest BCUT2D eigenvalue weighted by Crippen LogP contribution is -2.40. The molecule has 0 aromatic carbocycles. The van der Waals surface area contributed by atoms with Crippen LogP contribution in [0.2, 0.25) is 0 Å². The molecule has 0 saturated carbocycles. The Kier molecular flexibility index (Phi) is 6.76. The van der Waals surface area contributed by atoms with E-state index in [-0.39, 0.29) is 6.09 Å². The number of carbonyl (C=O) groups excluding carboxylic acids is 1. The van der Waals surface area contributed by atoms with Crippen molar-refractivity contribution in [1.29, 1.82) is 0 Å². The van der Waals surface area contributed by atoms with Crippen LogP contribution in [0.15, 0.2) is 0 Å². The molecule has 5 nitrogen and oxygen atoms in total. The van der Waals surface area contributed by atoms with Gasteiger partial charge in [0.2, 0.25) is 0 Å². The lowest BCUT2D eigenvalue weighted by molar-refractivity contribution is 0.0255. The lowest BCUT2D eigenvalue weighted by atomic mass is 10.1. The van der Waals surface area contributed by atoms with E-state index in [9.17, 15) is 4.79 Å². The van der Waals surface area contributed by atoms with Crippen LogP contribution in [0.5, 0.6) is 0 Å². The van der Waals surface area contributed by atoms with Crippen molar-refractivity contribution in [2.45, 2.75) is 64.6 Å². The summed E-state index contributed by atoms with van der Waals surface area (Å²) < 4.78 is 10.6. The average molecular weight is 286 g/mol. The van der Waals surface area contributed by atoms with Gasteiger partial charge in [0.05, 0.1) is 6.61 Å². The Morgan fingerprint density at radius 2 is 2.05 bits per heavy atom. The Balaban J connectivity index is 2.41. The highest BCUT2D eigenvalue weighted by atomic mass is 16.6. The molecule has 1 rings (SSSR count). The fraction of sp³-hybridized carbons (Fsp3) is 0.933. The first kappa shape index (κ1) is 17.2. The summed E-state index contributed by atoms with van der Waals surface area (Å²) in [6.07, 6.45) is 2.88. The van der Waals surface area contributed by atoms with Crippen molar-refractivity contribution in [2.24, 2.45) is 0 Å². The number of methoxy groups -OCH3 is 1. The summed E-state index contributed by atoms with van der Waals surface area (Å²) in [4.78, 5) is 13.9. The highest BCUT2D eigenvalue weighted by molar-refractivity contribution is 5.68. The Morgan fingerprint density at radius 3 is 2.65 bits per heavy atom. The maximum atomic E-state index is 12.1. The summed E-state index contributed by atoms with van der Waals surface area (Å²) in [7, 11) is 1.72. The first-order valence-corrected chi connectivity index (χ1v) is 7.54. The molecule has 1 aliphatic heterocycles. The van der Waals surface area contributed by atoms with E-state index in [2.05, 4.69) is 12.2 Å². The van der Waals surface area contributed by atoms with Crippen LogP contribution in [0.1, 0.15) is 47.0 Å². The van der Waals surface area contributed by atoms with Gasteiger partial charge in [-0.2, -0.15) is 0 Å². The van der Waals surface area contributed by atoms with E-state index in [1.165, 1.54) is 0 Å². The number of hydrogen-bond acceptors (Lipinski definition) is 4. The number of nitrogens with zero attached hydrogens (tertiary/aromatic N) is 1. The lowest BCUT2D eigenvalue weighted by Gasteiger charge is -2.26. The number of nitrogens with one attached hydrogen (secondary N) is 1.